The molecule has 2 aliphatic rings. The van der Waals surface area contributed by atoms with Crippen molar-refractivity contribution in [2.24, 2.45) is 0 Å². The first-order valence-corrected chi connectivity index (χ1v) is 6.83. The molecule has 20 heavy (non-hydrogen) atoms. The summed E-state index contributed by atoms with van der Waals surface area (Å²) in [6, 6.07) is -0.821. The fourth-order valence-electron chi connectivity index (χ4n) is 2.42. The maximum absolute atomic E-state index is 13.2. The third-order valence-corrected chi connectivity index (χ3v) is 4.68. The maximum atomic E-state index is 13.2. The third kappa shape index (κ3) is 1.90. The summed E-state index contributed by atoms with van der Waals surface area (Å²) in [4.78, 5) is 0. The van der Waals surface area contributed by atoms with Crippen molar-refractivity contribution in [3.63, 3.8) is 0 Å². The van der Waals surface area contributed by atoms with Gasteiger partial charge in [-0.2, -0.15) is 5.10 Å². The van der Waals surface area contributed by atoms with Crippen LogP contribution in [-0.2, 0) is 9.31 Å². The molecule has 1 saturated heterocycles. The Hall–Kier alpha value is -0.945. The molecule has 1 aromatic heterocycles. The van der Waals surface area contributed by atoms with Crippen molar-refractivity contribution in [2.45, 2.75) is 64.2 Å². The third-order valence-electron chi connectivity index (χ3n) is 4.68. The molecule has 7 heteroatoms. The molecule has 1 unspecified atom stereocenters. The normalized spacial score (nSPS) is 29.8. The SMILES string of the molecule is Cc1c(B2OC(C)(C)C(C)(C)O2)cnn1C1CC1(F)F. The first kappa shape index (κ1) is 14.0. The zero-order valence-electron chi connectivity index (χ0n) is 12.4. The van der Waals surface area contributed by atoms with Crippen LogP contribution in [0.1, 0.15) is 45.9 Å². The van der Waals surface area contributed by atoms with Gasteiger partial charge in [0.05, 0.1) is 11.2 Å². The minimum absolute atomic E-state index is 0.141. The maximum Gasteiger partial charge on any atom is 0.498 e. The Labute approximate surface area is 117 Å². The predicted molar refractivity (Wildman–Crippen MR) is 71.3 cm³/mol. The largest absolute Gasteiger partial charge is 0.498 e. The highest BCUT2D eigenvalue weighted by molar-refractivity contribution is 6.62. The van der Waals surface area contributed by atoms with Gasteiger partial charge in [0.15, 0.2) is 0 Å². The van der Waals surface area contributed by atoms with Crippen LogP contribution in [0.5, 0.6) is 0 Å². The first-order chi connectivity index (χ1) is 9.05. The summed E-state index contributed by atoms with van der Waals surface area (Å²) in [5, 5.41) is 4.09. The van der Waals surface area contributed by atoms with Crippen molar-refractivity contribution < 1.29 is 18.1 Å². The second-order valence-electron chi connectivity index (χ2n) is 6.70. The lowest BCUT2D eigenvalue weighted by Gasteiger charge is -2.32. The quantitative estimate of drug-likeness (QED) is 0.780. The molecular weight excluding hydrogens is 265 g/mol. The van der Waals surface area contributed by atoms with Gasteiger partial charge in [-0.3, -0.25) is 4.68 Å². The van der Waals surface area contributed by atoms with Crippen LogP contribution >= 0.6 is 0 Å². The van der Waals surface area contributed by atoms with Crippen molar-refractivity contribution >= 4 is 12.6 Å². The highest BCUT2D eigenvalue weighted by atomic mass is 19.3. The molecule has 0 N–H and O–H groups in total. The van der Waals surface area contributed by atoms with Gasteiger partial charge >= 0.3 is 7.12 Å². The fourth-order valence-corrected chi connectivity index (χ4v) is 2.42. The minimum Gasteiger partial charge on any atom is -0.399 e. The van der Waals surface area contributed by atoms with Gasteiger partial charge in [-0.05, 0) is 34.6 Å². The van der Waals surface area contributed by atoms with E-state index < -0.39 is 30.3 Å². The fraction of sp³-hybridized carbons (Fsp3) is 0.769. The lowest BCUT2D eigenvalue weighted by Crippen LogP contribution is -2.41. The van der Waals surface area contributed by atoms with Gasteiger partial charge in [-0.1, -0.05) is 0 Å². The summed E-state index contributed by atoms with van der Waals surface area (Å²) in [7, 11) is -0.555. The van der Waals surface area contributed by atoms with Crippen LogP contribution in [0.3, 0.4) is 0 Å². The number of hydrogen-bond acceptors (Lipinski definition) is 3. The van der Waals surface area contributed by atoms with E-state index in [0.29, 0.717) is 5.69 Å². The van der Waals surface area contributed by atoms with Gasteiger partial charge in [0, 0.05) is 23.8 Å². The van der Waals surface area contributed by atoms with Crippen LogP contribution < -0.4 is 5.46 Å². The topological polar surface area (TPSA) is 36.3 Å². The standard InChI is InChI=1S/C13H19BF2N2O2/c1-8-9(7-17-18(8)10-6-13(10,15)16)14-19-11(2,3)12(4,5)20-14/h7,10H,6H2,1-5H3. The van der Waals surface area contributed by atoms with Gasteiger partial charge in [0.1, 0.15) is 6.04 Å². The molecule has 1 aliphatic carbocycles. The van der Waals surface area contributed by atoms with Crippen LogP contribution in [0.2, 0.25) is 0 Å². The average molecular weight is 284 g/mol. The molecule has 0 aromatic carbocycles. The number of rotatable bonds is 2. The van der Waals surface area contributed by atoms with Crippen LogP contribution in [0, 0.1) is 6.92 Å². The molecular formula is C13H19BF2N2O2. The number of aromatic nitrogens is 2. The number of halogens is 2. The van der Waals surface area contributed by atoms with E-state index in [-0.39, 0.29) is 6.42 Å². The Morgan fingerprint density at radius 2 is 1.75 bits per heavy atom. The van der Waals surface area contributed by atoms with E-state index in [1.807, 2.05) is 27.7 Å². The van der Waals surface area contributed by atoms with Crippen molar-refractivity contribution in [3.8, 4) is 0 Å². The molecule has 3 rings (SSSR count). The first-order valence-electron chi connectivity index (χ1n) is 6.83. The molecule has 2 heterocycles. The van der Waals surface area contributed by atoms with E-state index in [1.165, 1.54) is 4.68 Å². The van der Waals surface area contributed by atoms with Crippen LogP contribution in [0.4, 0.5) is 8.78 Å². The number of nitrogens with zero attached hydrogens (tertiary/aromatic N) is 2. The van der Waals surface area contributed by atoms with E-state index in [9.17, 15) is 8.78 Å². The number of hydrogen-bond donors (Lipinski definition) is 0. The molecule has 4 nitrogen and oxygen atoms in total. The zero-order valence-corrected chi connectivity index (χ0v) is 12.4. The number of alkyl halides is 2. The van der Waals surface area contributed by atoms with Crippen LogP contribution in [-0.4, -0.2) is 34.0 Å². The summed E-state index contributed by atoms with van der Waals surface area (Å²) in [5.74, 6) is -2.63. The second kappa shape index (κ2) is 3.82. The smallest absolute Gasteiger partial charge is 0.399 e. The monoisotopic (exact) mass is 284 g/mol. The average Bonchev–Trinajstić information content (AvgIpc) is 2.64. The van der Waals surface area contributed by atoms with Crippen molar-refractivity contribution in [1.29, 1.82) is 0 Å². The summed E-state index contributed by atoms with van der Waals surface area (Å²) in [6.07, 6.45) is 1.43. The highest BCUT2D eigenvalue weighted by Gasteiger charge is 2.60. The Morgan fingerprint density at radius 3 is 2.20 bits per heavy atom. The molecule has 0 bridgehead atoms. The van der Waals surface area contributed by atoms with Crippen molar-refractivity contribution in [2.75, 3.05) is 0 Å². The Balaban J connectivity index is 1.87. The second-order valence-corrected chi connectivity index (χ2v) is 6.70. The van der Waals surface area contributed by atoms with Gasteiger partial charge in [0.25, 0.3) is 5.92 Å². The molecule has 1 aliphatic heterocycles. The van der Waals surface area contributed by atoms with Gasteiger partial charge < -0.3 is 9.31 Å². The molecule has 1 saturated carbocycles. The van der Waals surface area contributed by atoms with Gasteiger partial charge in [-0.25, -0.2) is 8.78 Å². The lowest BCUT2D eigenvalue weighted by molar-refractivity contribution is 0.00578. The lowest BCUT2D eigenvalue weighted by atomic mass is 9.79. The molecule has 0 radical (unpaired) electrons. The Morgan fingerprint density at radius 1 is 1.25 bits per heavy atom. The van der Waals surface area contributed by atoms with Gasteiger partial charge in [0.2, 0.25) is 0 Å². The predicted octanol–water partition coefficient (Wildman–Crippen LogP) is 2.07. The summed E-state index contributed by atoms with van der Waals surface area (Å²) in [5.41, 5.74) is 0.517. The molecule has 2 fully saturated rings. The van der Waals surface area contributed by atoms with Crippen LogP contribution in [0.15, 0.2) is 6.20 Å². The Bertz CT molecular complexity index is 541. The van der Waals surface area contributed by atoms with Crippen LogP contribution in [0.25, 0.3) is 0 Å². The van der Waals surface area contributed by atoms with E-state index >= 15 is 0 Å². The molecule has 0 amide bonds. The van der Waals surface area contributed by atoms with Crippen molar-refractivity contribution in [1.82, 2.24) is 9.78 Å². The highest BCUT2D eigenvalue weighted by Crippen LogP contribution is 2.52. The minimum atomic E-state index is -2.63. The van der Waals surface area contributed by atoms with E-state index in [1.54, 1.807) is 13.1 Å². The summed E-state index contributed by atoms with van der Waals surface area (Å²) in [6.45, 7) is 9.62. The molecule has 110 valence electrons. The van der Waals surface area contributed by atoms with Gasteiger partial charge in [-0.15, -0.1) is 0 Å². The van der Waals surface area contributed by atoms with Crippen molar-refractivity contribution in [3.05, 3.63) is 11.9 Å². The molecule has 1 atom stereocenters. The van der Waals surface area contributed by atoms with E-state index in [2.05, 4.69) is 5.10 Å². The van der Waals surface area contributed by atoms with E-state index in [0.717, 1.165) is 5.46 Å². The molecule has 0 spiro atoms. The zero-order chi connectivity index (χ0) is 14.9. The Kier molecular flexibility index (Phi) is 2.68. The summed E-state index contributed by atoms with van der Waals surface area (Å²) >= 11 is 0. The summed E-state index contributed by atoms with van der Waals surface area (Å²) < 4.78 is 39.6. The molecule has 1 aromatic rings. The van der Waals surface area contributed by atoms with E-state index in [4.69, 9.17) is 9.31 Å².